The van der Waals surface area contributed by atoms with Gasteiger partial charge in [-0.15, -0.1) is 11.3 Å². The molecule has 0 bridgehead atoms. The Bertz CT molecular complexity index is 830. The Balaban J connectivity index is 1.71. The van der Waals surface area contributed by atoms with E-state index >= 15 is 0 Å². The minimum Gasteiger partial charge on any atom is -0.349 e. The van der Waals surface area contributed by atoms with Gasteiger partial charge in [-0.3, -0.25) is 19.3 Å². The number of nitrogens with zero attached hydrogens (tertiary/aromatic N) is 2. The summed E-state index contributed by atoms with van der Waals surface area (Å²) in [6.45, 7) is -1.45. The van der Waals surface area contributed by atoms with Gasteiger partial charge in [0.15, 0.2) is 0 Å². The predicted octanol–water partition coefficient (Wildman–Crippen LogP) is 1.46. The van der Waals surface area contributed by atoms with Crippen LogP contribution in [-0.2, 0) is 9.59 Å². The number of likely N-dealkylation sites (tertiary alicyclic amines) is 1. The highest BCUT2D eigenvalue weighted by atomic mass is 35.5. The van der Waals surface area contributed by atoms with Crippen molar-refractivity contribution in [2.45, 2.75) is 18.6 Å². The van der Waals surface area contributed by atoms with Crippen LogP contribution in [0.1, 0.15) is 16.1 Å². The van der Waals surface area contributed by atoms with E-state index in [0.717, 1.165) is 11.3 Å². The quantitative estimate of drug-likeness (QED) is 0.676. The monoisotopic (exact) mass is 452 g/mol. The molecule has 3 rings (SSSR count). The molecule has 8 nitrogen and oxygen atoms in total. The van der Waals surface area contributed by atoms with Gasteiger partial charge in [-0.2, -0.15) is 13.2 Å². The van der Waals surface area contributed by atoms with Gasteiger partial charge >= 0.3 is 12.2 Å². The second kappa shape index (κ2) is 8.19. The van der Waals surface area contributed by atoms with E-state index in [-0.39, 0.29) is 30.9 Å². The fraction of sp³-hybridized carbons (Fsp3) is 0.500. The molecule has 0 saturated carbocycles. The van der Waals surface area contributed by atoms with Crippen LogP contribution in [0, 0.1) is 5.92 Å². The van der Waals surface area contributed by atoms with Gasteiger partial charge in [-0.25, -0.2) is 4.79 Å². The summed E-state index contributed by atoms with van der Waals surface area (Å²) >= 11 is 6.81. The maximum Gasteiger partial charge on any atom is 0.393 e. The van der Waals surface area contributed by atoms with Crippen molar-refractivity contribution in [2.75, 3.05) is 26.2 Å². The van der Waals surface area contributed by atoms with E-state index < -0.39 is 48.4 Å². The summed E-state index contributed by atoms with van der Waals surface area (Å²) < 4.78 is 40.7. The van der Waals surface area contributed by atoms with Crippen LogP contribution in [0.3, 0.4) is 0 Å². The zero-order chi connectivity index (χ0) is 21.3. The first-order chi connectivity index (χ1) is 13.6. The fourth-order valence-corrected chi connectivity index (χ4v) is 4.28. The molecular formula is C16H16ClF3N4O4S. The molecule has 1 aromatic heterocycles. The number of urea groups is 1. The Kier molecular flexibility index (Phi) is 6.03. The van der Waals surface area contributed by atoms with Crippen LogP contribution in [-0.4, -0.2) is 71.9 Å². The molecule has 5 amide bonds. The largest absolute Gasteiger partial charge is 0.393 e. The van der Waals surface area contributed by atoms with Crippen molar-refractivity contribution in [1.29, 1.82) is 0 Å². The smallest absolute Gasteiger partial charge is 0.349 e. The summed E-state index contributed by atoms with van der Waals surface area (Å²) in [4.78, 5) is 49.9. The van der Waals surface area contributed by atoms with E-state index in [1.54, 1.807) is 0 Å². The molecule has 0 radical (unpaired) electrons. The van der Waals surface area contributed by atoms with Crippen LogP contribution in [0.15, 0.2) is 12.1 Å². The fourth-order valence-electron chi connectivity index (χ4n) is 3.27. The SMILES string of the molecule is O=C(CN1C(=O)CNC1=O)NC1CN(C(=O)c2ccc(Cl)s2)CCC1C(F)(F)F. The second-order valence-electron chi connectivity index (χ2n) is 6.60. The Hall–Kier alpha value is -2.34. The van der Waals surface area contributed by atoms with Gasteiger partial charge in [-0.1, -0.05) is 11.6 Å². The van der Waals surface area contributed by atoms with Crippen LogP contribution >= 0.6 is 22.9 Å². The molecule has 2 saturated heterocycles. The first-order valence-electron chi connectivity index (χ1n) is 8.55. The molecule has 0 aromatic carbocycles. The van der Waals surface area contributed by atoms with Crippen molar-refractivity contribution < 1.29 is 32.3 Å². The minimum atomic E-state index is -4.58. The lowest BCUT2D eigenvalue weighted by atomic mass is 9.90. The normalized spacial score (nSPS) is 22.6. The first-order valence-corrected chi connectivity index (χ1v) is 9.74. The number of nitrogens with one attached hydrogen (secondary N) is 2. The first kappa shape index (κ1) is 21.4. The number of alkyl halides is 3. The molecule has 2 fully saturated rings. The highest BCUT2D eigenvalue weighted by molar-refractivity contribution is 7.17. The van der Waals surface area contributed by atoms with Crippen molar-refractivity contribution in [1.82, 2.24) is 20.4 Å². The van der Waals surface area contributed by atoms with Gasteiger partial charge in [0.1, 0.15) is 6.54 Å². The Morgan fingerprint density at radius 3 is 2.59 bits per heavy atom. The molecule has 29 heavy (non-hydrogen) atoms. The minimum absolute atomic E-state index is 0.127. The summed E-state index contributed by atoms with van der Waals surface area (Å²) in [5.41, 5.74) is 0. The topological polar surface area (TPSA) is 98.8 Å². The van der Waals surface area contributed by atoms with E-state index in [0.29, 0.717) is 9.24 Å². The average Bonchev–Trinajstić information content (AvgIpc) is 3.20. The molecule has 2 aliphatic heterocycles. The Morgan fingerprint density at radius 2 is 2.03 bits per heavy atom. The third-order valence-corrected chi connectivity index (χ3v) is 5.91. The molecule has 0 aliphatic carbocycles. The van der Waals surface area contributed by atoms with Crippen molar-refractivity contribution in [3.8, 4) is 0 Å². The standard InChI is InChI=1S/C16H16ClF3N4O4S/c17-11-2-1-10(29-11)14(27)23-4-3-8(16(18,19)20)9(6-23)22-12(25)7-24-13(26)5-21-15(24)28/h1-2,8-9H,3-7H2,(H,21,28)(H,22,25). The molecule has 158 valence electrons. The van der Waals surface area contributed by atoms with E-state index in [1.165, 1.54) is 17.0 Å². The van der Waals surface area contributed by atoms with Crippen molar-refractivity contribution in [3.05, 3.63) is 21.3 Å². The number of carbonyl (C=O) groups excluding carboxylic acids is 4. The molecule has 1 aromatic rings. The molecule has 2 aliphatic rings. The predicted molar refractivity (Wildman–Crippen MR) is 96.4 cm³/mol. The summed E-state index contributed by atoms with van der Waals surface area (Å²) in [6.07, 6.45) is -4.97. The molecular weight excluding hydrogens is 437 g/mol. The maximum atomic E-state index is 13.4. The molecule has 0 spiro atoms. The number of hydrogen-bond acceptors (Lipinski definition) is 5. The lowest BCUT2D eigenvalue weighted by Gasteiger charge is -2.39. The second-order valence-corrected chi connectivity index (χ2v) is 8.32. The Morgan fingerprint density at radius 1 is 1.31 bits per heavy atom. The van der Waals surface area contributed by atoms with E-state index in [1.807, 2.05) is 0 Å². The third-order valence-electron chi connectivity index (χ3n) is 4.69. The highest BCUT2D eigenvalue weighted by Gasteiger charge is 2.48. The van der Waals surface area contributed by atoms with Crippen molar-refractivity contribution in [2.24, 2.45) is 5.92 Å². The molecule has 2 atom stereocenters. The van der Waals surface area contributed by atoms with E-state index in [2.05, 4.69) is 10.6 Å². The summed E-state index contributed by atoms with van der Waals surface area (Å²) in [5.74, 6) is -3.89. The zero-order valence-electron chi connectivity index (χ0n) is 14.8. The number of thiophene rings is 1. The number of rotatable bonds is 4. The molecule has 3 heterocycles. The van der Waals surface area contributed by atoms with Gasteiger partial charge in [0.05, 0.1) is 27.7 Å². The highest BCUT2D eigenvalue weighted by Crippen LogP contribution is 2.35. The molecule has 2 N–H and O–H groups in total. The molecule has 2 unspecified atom stereocenters. The van der Waals surface area contributed by atoms with Crippen LogP contribution < -0.4 is 10.6 Å². The van der Waals surface area contributed by atoms with Crippen LogP contribution in [0.2, 0.25) is 4.34 Å². The van der Waals surface area contributed by atoms with Gasteiger partial charge in [0.25, 0.3) is 11.8 Å². The lowest BCUT2D eigenvalue weighted by molar-refractivity contribution is -0.191. The van der Waals surface area contributed by atoms with E-state index in [4.69, 9.17) is 11.6 Å². The van der Waals surface area contributed by atoms with Crippen LogP contribution in [0.4, 0.5) is 18.0 Å². The number of carbonyl (C=O) groups is 4. The van der Waals surface area contributed by atoms with Gasteiger partial charge in [-0.05, 0) is 18.6 Å². The molecule has 13 heteroatoms. The third kappa shape index (κ3) is 4.81. The number of amides is 5. The number of hydrogen-bond donors (Lipinski definition) is 2. The summed E-state index contributed by atoms with van der Waals surface area (Å²) in [5, 5.41) is 4.45. The van der Waals surface area contributed by atoms with E-state index in [9.17, 15) is 32.3 Å². The average molecular weight is 453 g/mol. The maximum absolute atomic E-state index is 13.4. The number of imide groups is 1. The number of piperidine rings is 1. The van der Waals surface area contributed by atoms with Gasteiger partial charge < -0.3 is 15.5 Å². The number of halogens is 4. The summed E-state index contributed by atoms with van der Waals surface area (Å²) in [6, 6.07) is 0.805. The zero-order valence-corrected chi connectivity index (χ0v) is 16.4. The van der Waals surface area contributed by atoms with Crippen LogP contribution in [0.5, 0.6) is 0 Å². The van der Waals surface area contributed by atoms with Crippen molar-refractivity contribution in [3.63, 3.8) is 0 Å². The Labute approximate surface area is 172 Å². The lowest BCUT2D eigenvalue weighted by Crippen LogP contribution is -2.58. The summed E-state index contributed by atoms with van der Waals surface area (Å²) in [7, 11) is 0. The van der Waals surface area contributed by atoms with Crippen molar-refractivity contribution >= 4 is 46.7 Å². The van der Waals surface area contributed by atoms with Crippen LogP contribution in [0.25, 0.3) is 0 Å². The van der Waals surface area contributed by atoms with Gasteiger partial charge in [0, 0.05) is 13.1 Å². The van der Waals surface area contributed by atoms with Gasteiger partial charge in [0.2, 0.25) is 5.91 Å².